The van der Waals surface area contributed by atoms with Gasteiger partial charge < -0.3 is 24.8 Å². The predicted molar refractivity (Wildman–Crippen MR) is 112 cm³/mol. The van der Waals surface area contributed by atoms with Crippen molar-refractivity contribution in [3.63, 3.8) is 0 Å². The van der Waals surface area contributed by atoms with Crippen LogP contribution in [-0.2, 0) is 6.54 Å². The van der Waals surface area contributed by atoms with Crippen molar-refractivity contribution in [1.29, 1.82) is 0 Å². The Morgan fingerprint density at radius 1 is 1.14 bits per heavy atom. The standard InChI is InChI=1S/C21H29N5O2/c1-4-28-19-10-6-5-9-18(19)25-12-14-26(15-13-25)21(27)23-16-17-8-7-11-22-20(17)24(2)3/h5-11H,4,12-16H2,1-3H3,(H,23,27). The van der Waals surface area contributed by atoms with Gasteiger partial charge in [-0.15, -0.1) is 0 Å². The Hall–Kier alpha value is -2.96. The van der Waals surface area contributed by atoms with Crippen molar-refractivity contribution >= 4 is 17.5 Å². The van der Waals surface area contributed by atoms with Gasteiger partial charge in [0.2, 0.25) is 0 Å². The molecule has 1 aliphatic rings. The maximum Gasteiger partial charge on any atom is 0.317 e. The largest absolute Gasteiger partial charge is 0.492 e. The van der Waals surface area contributed by atoms with Crippen molar-refractivity contribution in [2.45, 2.75) is 13.5 Å². The fourth-order valence-electron chi connectivity index (χ4n) is 3.40. The molecule has 1 N–H and O–H groups in total. The van der Waals surface area contributed by atoms with Gasteiger partial charge in [-0.2, -0.15) is 0 Å². The van der Waals surface area contributed by atoms with E-state index < -0.39 is 0 Å². The smallest absolute Gasteiger partial charge is 0.317 e. The third kappa shape index (κ3) is 4.65. The number of piperazine rings is 1. The van der Waals surface area contributed by atoms with E-state index in [-0.39, 0.29) is 6.03 Å². The molecule has 0 bridgehead atoms. The number of pyridine rings is 1. The molecule has 0 atom stereocenters. The second-order valence-corrected chi connectivity index (χ2v) is 6.91. The zero-order valence-corrected chi connectivity index (χ0v) is 16.9. The molecule has 0 saturated carbocycles. The van der Waals surface area contributed by atoms with Crippen LogP contribution >= 0.6 is 0 Å². The number of carbonyl (C=O) groups is 1. The average molecular weight is 383 g/mol. The molecule has 1 aromatic heterocycles. The Kier molecular flexibility index (Phi) is 6.57. The molecule has 1 saturated heterocycles. The Balaban J connectivity index is 1.55. The van der Waals surface area contributed by atoms with Gasteiger partial charge in [0.15, 0.2) is 0 Å². The molecule has 0 radical (unpaired) electrons. The molecule has 2 heterocycles. The van der Waals surface area contributed by atoms with Crippen molar-refractivity contribution < 1.29 is 9.53 Å². The Bertz CT molecular complexity index is 788. The minimum Gasteiger partial charge on any atom is -0.492 e. The number of urea groups is 1. The lowest BCUT2D eigenvalue weighted by Gasteiger charge is -2.36. The number of nitrogens with one attached hydrogen (secondary N) is 1. The van der Waals surface area contributed by atoms with Crippen LogP contribution in [0.2, 0.25) is 0 Å². The fraction of sp³-hybridized carbons (Fsp3) is 0.429. The molecule has 150 valence electrons. The number of nitrogens with zero attached hydrogens (tertiary/aromatic N) is 4. The number of hydrogen-bond donors (Lipinski definition) is 1. The zero-order chi connectivity index (χ0) is 19.9. The number of benzene rings is 1. The minimum atomic E-state index is -0.0358. The lowest BCUT2D eigenvalue weighted by molar-refractivity contribution is 0.194. The number of anilines is 2. The van der Waals surface area contributed by atoms with Crippen LogP contribution in [0.4, 0.5) is 16.3 Å². The fourth-order valence-corrected chi connectivity index (χ4v) is 3.40. The van der Waals surface area contributed by atoms with Crippen LogP contribution in [0.15, 0.2) is 42.6 Å². The second kappa shape index (κ2) is 9.30. The molecular formula is C21H29N5O2. The summed E-state index contributed by atoms with van der Waals surface area (Å²) in [6.07, 6.45) is 1.76. The Morgan fingerprint density at radius 2 is 1.89 bits per heavy atom. The van der Waals surface area contributed by atoms with Gasteiger partial charge in [-0.1, -0.05) is 18.2 Å². The van der Waals surface area contributed by atoms with Crippen molar-refractivity contribution in [1.82, 2.24) is 15.2 Å². The highest BCUT2D eigenvalue weighted by Gasteiger charge is 2.23. The highest BCUT2D eigenvalue weighted by molar-refractivity contribution is 5.75. The third-order valence-electron chi connectivity index (χ3n) is 4.79. The number of rotatable bonds is 6. The van der Waals surface area contributed by atoms with Gasteiger partial charge in [0.05, 0.1) is 12.3 Å². The van der Waals surface area contributed by atoms with Crippen LogP contribution in [-0.4, -0.2) is 62.8 Å². The van der Waals surface area contributed by atoms with E-state index in [1.807, 2.05) is 61.2 Å². The number of carbonyl (C=O) groups excluding carboxylic acids is 1. The molecule has 7 heteroatoms. The van der Waals surface area contributed by atoms with Crippen LogP contribution in [0.1, 0.15) is 12.5 Å². The van der Waals surface area contributed by atoms with E-state index in [9.17, 15) is 4.79 Å². The van der Waals surface area contributed by atoms with Gasteiger partial charge in [-0.3, -0.25) is 0 Å². The van der Waals surface area contributed by atoms with Gasteiger partial charge >= 0.3 is 6.03 Å². The van der Waals surface area contributed by atoms with E-state index in [4.69, 9.17) is 4.74 Å². The zero-order valence-electron chi connectivity index (χ0n) is 16.9. The highest BCUT2D eigenvalue weighted by atomic mass is 16.5. The lowest BCUT2D eigenvalue weighted by atomic mass is 10.2. The van der Waals surface area contributed by atoms with Crippen LogP contribution in [0.25, 0.3) is 0 Å². The summed E-state index contributed by atoms with van der Waals surface area (Å²) >= 11 is 0. The van der Waals surface area contributed by atoms with E-state index in [1.54, 1.807) is 6.20 Å². The first-order chi connectivity index (χ1) is 13.6. The molecule has 0 unspecified atom stereocenters. The average Bonchev–Trinajstić information content (AvgIpc) is 2.73. The molecule has 2 amide bonds. The first-order valence-corrected chi connectivity index (χ1v) is 9.71. The van der Waals surface area contributed by atoms with E-state index in [1.165, 1.54) is 0 Å². The van der Waals surface area contributed by atoms with E-state index in [0.717, 1.165) is 35.9 Å². The summed E-state index contributed by atoms with van der Waals surface area (Å²) < 4.78 is 5.74. The summed E-state index contributed by atoms with van der Waals surface area (Å²) in [5.41, 5.74) is 2.10. The molecule has 1 fully saturated rings. The van der Waals surface area contributed by atoms with Gasteiger partial charge in [0.1, 0.15) is 11.6 Å². The van der Waals surface area contributed by atoms with Gasteiger partial charge in [-0.05, 0) is 25.1 Å². The van der Waals surface area contributed by atoms with Crippen molar-refractivity contribution in [3.05, 3.63) is 48.2 Å². The molecule has 7 nitrogen and oxygen atoms in total. The maximum atomic E-state index is 12.6. The number of para-hydroxylation sites is 2. The molecule has 2 aromatic rings. The summed E-state index contributed by atoms with van der Waals surface area (Å²) in [6.45, 7) is 6.03. The molecule has 1 aliphatic heterocycles. The molecule has 28 heavy (non-hydrogen) atoms. The van der Waals surface area contributed by atoms with Gasteiger partial charge in [-0.25, -0.2) is 9.78 Å². The molecule has 3 rings (SSSR count). The molecular weight excluding hydrogens is 354 g/mol. The normalized spacial score (nSPS) is 14.0. The van der Waals surface area contributed by atoms with Crippen molar-refractivity contribution in [2.24, 2.45) is 0 Å². The van der Waals surface area contributed by atoms with Crippen molar-refractivity contribution in [2.75, 3.05) is 56.7 Å². The molecule has 0 spiro atoms. The van der Waals surface area contributed by atoms with E-state index in [2.05, 4.69) is 21.3 Å². The summed E-state index contributed by atoms with van der Waals surface area (Å²) in [5.74, 6) is 1.77. The Labute approximate surface area is 166 Å². The number of amides is 2. The van der Waals surface area contributed by atoms with E-state index >= 15 is 0 Å². The van der Waals surface area contributed by atoms with E-state index in [0.29, 0.717) is 26.2 Å². The minimum absolute atomic E-state index is 0.0358. The summed E-state index contributed by atoms with van der Waals surface area (Å²) in [4.78, 5) is 23.1. The SMILES string of the molecule is CCOc1ccccc1N1CCN(C(=O)NCc2cccnc2N(C)C)CC1. The monoisotopic (exact) mass is 383 g/mol. The number of aromatic nitrogens is 1. The summed E-state index contributed by atoms with van der Waals surface area (Å²) in [7, 11) is 3.90. The summed E-state index contributed by atoms with van der Waals surface area (Å²) in [5, 5.41) is 3.03. The van der Waals surface area contributed by atoms with Gasteiger partial charge in [0.25, 0.3) is 0 Å². The topological polar surface area (TPSA) is 60.9 Å². The number of ether oxygens (including phenoxy) is 1. The van der Waals surface area contributed by atoms with Crippen LogP contribution < -0.4 is 19.9 Å². The predicted octanol–water partition coefficient (Wildman–Crippen LogP) is 2.58. The van der Waals surface area contributed by atoms with Crippen LogP contribution in [0, 0.1) is 0 Å². The second-order valence-electron chi connectivity index (χ2n) is 6.91. The lowest BCUT2D eigenvalue weighted by Crippen LogP contribution is -2.51. The van der Waals surface area contributed by atoms with Gasteiger partial charge in [0, 0.05) is 58.6 Å². The maximum absolute atomic E-state index is 12.6. The highest BCUT2D eigenvalue weighted by Crippen LogP contribution is 2.28. The number of hydrogen-bond acceptors (Lipinski definition) is 5. The van der Waals surface area contributed by atoms with Crippen LogP contribution in [0.5, 0.6) is 5.75 Å². The first kappa shape index (κ1) is 19.8. The van der Waals surface area contributed by atoms with Crippen LogP contribution in [0.3, 0.4) is 0 Å². The molecule has 1 aromatic carbocycles. The first-order valence-electron chi connectivity index (χ1n) is 9.71. The van der Waals surface area contributed by atoms with Crippen molar-refractivity contribution in [3.8, 4) is 5.75 Å². The quantitative estimate of drug-likeness (QED) is 0.831. The third-order valence-corrected chi connectivity index (χ3v) is 4.79. The Morgan fingerprint density at radius 3 is 2.61 bits per heavy atom. The molecule has 0 aliphatic carbocycles. The summed E-state index contributed by atoms with van der Waals surface area (Å²) in [6, 6.07) is 11.9.